The predicted molar refractivity (Wildman–Crippen MR) is 193 cm³/mol. The molecule has 2 aromatic rings. The third-order valence-electron chi connectivity index (χ3n) is 11.2. The number of nitriles is 1. The van der Waals surface area contributed by atoms with Crippen LogP contribution in [-0.4, -0.2) is 53.2 Å². The topological polar surface area (TPSA) is 75.4 Å². The van der Waals surface area contributed by atoms with Gasteiger partial charge in [-0.3, -0.25) is 10.3 Å². The van der Waals surface area contributed by atoms with Crippen molar-refractivity contribution < 1.29 is 26.7 Å². The Hall–Kier alpha value is -3.56. The number of fused-ring (bicyclic) bond motifs is 2. The minimum Gasteiger partial charge on any atom is -0.477 e. The van der Waals surface area contributed by atoms with E-state index in [1.165, 1.54) is 0 Å². The van der Waals surface area contributed by atoms with Crippen molar-refractivity contribution in [1.29, 1.82) is 10.7 Å². The smallest absolute Gasteiger partial charge is 0.417 e. The Balaban J connectivity index is 1.78. The van der Waals surface area contributed by atoms with E-state index in [9.17, 15) is 9.65 Å². The van der Waals surface area contributed by atoms with E-state index in [0.29, 0.717) is 48.2 Å². The monoisotopic (exact) mass is 729 g/mol. The Bertz CT molecular complexity index is 1990. The molecule has 0 radical (unpaired) electrons. The normalized spacial score (nSPS) is 22.8. The van der Waals surface area contributed by atoms with E-state index in [1.807, 2.05) is 24.9 Å². The maximum absolute atomic E-state index is 17.4. The standard InChI is InChI=1S/C39H48F5N5OS/c1-9-26(15-23(5)21(2)3)48(8)24(6)28-16-30(39(42,43)44)33(27-11-12-31(40)36-32(27)29(18-45)37(46)51-36)34(41)35(28)47-25(7)50-20-38-13-10-14-49(38)19-22(4)17-38/h11-12,16,21-23,26,46-47H,7,9-10,13-15,17,19-20H2,1-6,8H3/b28-24+,33-27-,46-37?. The first-order valence-corrected chi connectivity index (χ1v) is 18.5. The number of hydrogen-bond donors (Lipinski definition) is 2. The molecule has 0 aliphatic carbocycles. The van der Waals surface area contributed by atoms with Gasteiger partial charge in [0.2, 0.25) is 0 Å². The van der Waals surface area contributed by atoms with Gasteiger partial charge < -0.3 is 15.0 Å². The van der Waals surface area contributed by atoms with E-state index in [4.69, 9.17) is 10.1 Å². The number of halogens is 5. The minimum absolute atomic E-state index is 0.0106. The van der Waals surface area contributed by atoms with E-state index < -0.39 is 28.6 Å². The predicted octanol–water partition coefficient (Wildman–Crippen LogP) is 8.32. The lowest BCUT2D eigenvalue weighted by molar-refractivity contribution is -0.138. The van der Waals surface area contributed by atoms with Gasteiger partial charge in [0, 0.05) is 41.0 Å². The van der Waals surface area contributed by atoms with Gasteiger partial charge in [-0.1, -0.05) is 52.4 Å². The summed E-state index contributed by atoms with van der Waals surface area (Å²) in [6, 6.07) is 4.69. The largest absolute Gasteiger partial charge is 0.477 e. The van der Waals surface area contributed by atoms with Crippen molar-refractivity contribution in [3.8, 4) is 6.07 Å². The van der Waals surface area contributed by atoms with Crippen LogP contribution in [0.25, 0.3) is 11.3 Å². The maximum atomic E-state index is 17.4. The molecule has 0 amide bonds. The Kier molecular flexibility index (Phi) is 11.2. The van der Waals surface area contributed by atoms with E-state index in [1.54, 1.807) is 6.92 Å². The lowest BCUT2D eigenvalue weighted by Gasteiger charge is -2.34. The van der Waals surface area contributed by atoms with Crippen LogP contribution >= 0.6 is 11.8 Å². The molecule has 3 heterocycles. The third-order valence-corrected chi connectivity index (χ3v) is 12.3. The minimum atomic E-state index is -5.04. The summed E-state index contributed by atoms with van der Waals surface area (Å²) in [5.74, 6) is -0.857. The summed E-state index contributed by atoms with van der Waals surface area (Å²) in [4.78, 5) is 4.13. The van der Waals surface area contributed by atoms with Crippen LogP contribution in [0.3, 0.4) is 0 Å². The van der Waals surface area contributed by atoms with Gasteiger partial charge in [0.1, 0.15) is 23.5 Å². The number of hydrogen-bond acceptors (Lipinski definition) is 7. The Morgan fingerprint density at radius 2 is 1.96 bits per heavy atom. The molecular weight excluding hydrogens is 682 g/mol. The summed E-state index contributed by atoms with van der Waals surface area (Å²) < 4.78 is 83.9. The second kappa shape index (κ2) is 14.8. The first-order chi connectivity index (χ1) is 23.9. The lowest BCUT2D eigenvalue weighted by Crippen LogP contribution is -2.42. The van der Waals surface area contributed by atoms with Crippen molar-refractivity contribution in [2.24, 2.45) is 17.8 Å². The van der Waals surface area contributed by atoms with Crippen LogP contribution in [0.5, 0.6) is 0 Å². The first kappa shape index (κ1) is 38.7. The Morgan fingerprint density at radius 1 is 1.25 bits per heavy atom. The van der Waals surface area contributed by atoms with Gasteiger partial charge >= 0.3 is 6.18 Å². The van der Waals surface area contributed by atoms with Crippen molar-refractivity contribution in [3.63, 3.8) is 0 Å². The highest BCUT2D eigenvalue weighted by Crippen LogP contribution is 2.42. The van der Waals surface area contributed by atoms with Crippen molar-refractivity contribution in [3.05, 3.63) is 68.7 Å². The fourth-order valence-electron chi connectivity index (χ4n) is 8.01. The lowest BCUT2D eigenvalue weighted by atomic mass is 9.89. The molecular formula is C39H48F5N5OS. The van der Waals surface area contributed by atoms with E-state index in [0.717, 1.165) is 57.0 Å². The number of nitrogens with one attached hydrogen (secondary N) is 2. The van der Waals surface area contributed by atoms with Crippen LogP contribution in [0.2, 0.25) is 0 Å². The van der Waals surface area contributed by atoms with Gasteiger partial charge in [0.15, 0.2) is 11.7 Å². The summed E-state index contributed by atoms with van der Waals surface area (Å²) in [5.41, 5.74) is -1.63. The zero-order chi connectivity index (χ0) is 37.6. The molecule has 51 heavy (non-hydrogen) atoms. The van der Waals surface area contributed by atoms with Crippen LogP contribution in [0.1, 0.15) is 79.2 Å². The Labute approximate surface area is 301 Å². The molecule has 6 nitrogen and oxygen atoms in total. The average molecular weight is 730 g/mol. The van der Waals surface area contributed by atoms with Gasteiger partial charge in [-0.15, -0.1) is 0 Å². The van der Waals surface area contributed by atoms with Crippen molar-refractivity contribution in [2.45, 2.75) is 96.3 Å². The van der Waals surface area contributed by atoms with Crippen molar-refractivity contribution in [2.75, 3.05) is 32.1 Å². The van der Waals surface area contributed by atoms with Gasteiger partial charge in [0.25, 0.3) is 0 Å². The zero-order valence-corrected chi connectivity index (χ0v) is 31.3. The number of benzene rings is 2. The quantitative estimate of drug-likeness (QED) is 0.179. The molecule has 0 spiro atoms. The van der Waals surface area contributed by atoms with E-state index >= 15 is 17.6 Å². The van der Waals surface area contributed by atoms with Gasteiger partial charge in [-0.05, 0) is 87.3 Å². The molecule has 4 atom stereocenters. The highest BCUT2D eigenvalue weighted by molar-refractivity contribution is 8.15. The molecule has 2 N–H and O–H groups in total. The molecule has 0 bridgehead atoms. The molecule has 0 saturated carbocycles. The van der Waals surface area contributed by atoms with E-state index in [2.05, 4.69) is 44.5 Å². The molecule has 276 valence electrons. The summed E-state index contributed by atoms with van der Waals surface area (Å²) in [6.07, 6.45) is -0.627. The van der Waals surface area contributed by atoms with Crippen LogP contribution in [0.15, 0.2) is 35.6 Å². The molecule has 12 heteroatoms. The SMILES string of the molecule is C=C(Nc1c(F)/c(=c2/ccc(F)c3c2=C(C#N)C(=N)S3)c(C(F)(F)F)c/c1=C(/C)N(C)C(CC)CC(C)C(C)C)OCC12CCCN1CC(C)C2. The molecule has 2 fully saturated rings. The number of ether oxygens (including phenoxy) is 1. The van der Waals surface area contributed by atoms with Crippen molar-refractivity contribution >= 4 is 33.8 Å². The van der Waals surface area contributed by atoms with Crippen molar-refractivity contribution in [1.82, 2.24) is 9.80 Å². The molecule has 0 aromatic heterocycles. The third kappa shape index (κ3) is 7.39. The number of alkyl halides is 3. The van der Waals surface area contributed by atoms with Gasteiger partial charge in [-0.25, -0.2) is 8.78 Å². The second-order valence-corrected chi connectivity index (χ2v) is 15.9. The molecule has 2 saturated heterocycles. The van der Waals surface area contributed by atoms with Gasteiger partial charge in [-0.2, -0.15) is 18.4 Å². The summed E-state index contributed by atoms with van der Waals surface area (Å²) in [6.45, 7) is 18.5. The zero-order valence-electron chi connectivity index (χ0n) is 30.5. The number of anilines is 1. The molecule has 5 rings (SSSR count). The number of rotatable bonds is 11. The van der Waals surface area contributed by atoms with Crippen LogP contribution < -0.4 is 15.8 Å². The molecule has 3 aliphatic heterocycles. The highest BCUT2D eigenvalue weighted by atomic mass is 32.2. The van der Waals surface area contributed by atoms with Crippen LogP contribution in [-0.2, 0) is 10.9 Å². The van der Waals surface area contributed by atoms with Gasteiger partial charge in [0.05, 0.1) is 27.3 Å². The fraction of sp³-hybridized carbons (Fsp3) is 0.538. The summed E-state index contributed by atoms with van der Waals surface area (Å²) >= 11 is 0.624. The van der Waals surface area contributed by atoms with Crippen LogP contribution in [0.4, 0.5) is 27.6 Å². The number of thioether (sulfide) groups is 1. The van der Waals surface area contributed by atoms with Crippen LogP contribution in [0, 0.1) is 56.6 Å². The molecule has 2 aromatic carbocycles. The summed E-state index contributed by atoms with van der Waals surface area (Å²) in [5, 5.41) is 19.3. The fourth-order valence-corrected chi connectivity index (χ4v) is 8.95. The number of nitrogens with zero attached hydrogens (tertiary/aromatic N) is 3. The molecule has 3 aliphatic rings. The second-order valence-electron chi connectivity index (χ2n) is 14.9. The summed E-state index contributed by atoms with van der Waals surface area (Å²) in [7, 11) is 1.81. The highest BCUT2D eigenvalue weighted by Gasteiger charge is 2.47. The average Bonchev–Trinajstić information content (AvgIpc) is 3.71. The Morgan fingerprint density at radius 3 is 2.59 bits per heavy atom. The first-order valence-electron chi connectivity index (χ1n) is 17.6. The molecule has 4 unspecified atom stereocenters. The maximum Gasteiger partial charge on any atom is 0.417 e. The van der Waals surface area contributed by atoms with E-state index in [-0.39, 0.29) is 54.3 Å².